The maximum Gasteiger partial charge on any atom is 0.335 e. The first kappa shape index (κ1) is 28.3. The third-order valence-corrected chi connectivity index (χ3v) is 7.15. The van der Waals surface area contributed by atoms with Gasteiger partial charge in [-0.15, -0.1) is 0 Å². The average molecular weight is 587 g/mol. The average Bonchev–Trinajstić information content (AvgIpc) is 2.88. The Morgan fingerprint density at radius 3 is 1.12 bits per heavy atom. The molecule has 0 aliphatic heterocycles. The highest BCUT2D eigenvalue weighted by atomic mass is 32.2. The molecule has 0 spiro atoms. The Hall–Kier alpha value is -4.76. The van der Waals surface area contributed by atoms with Gasteiger partial charge in [-0.1, -0.05) is 0 Å². The van der Waals surface area contributed by atoms with Crippen LogP contribution in [0, 0.1) is 0 Å². The van der Waals surface area contributed by atoms with Gasteiger partial charge in [-0.05, 0) is 84.9 Å². The molecule has 4 N–H and O–H groups in total. The summed E-state index contributed by atoms with van der Waals surface area (Å²) in [5, 5.41) is 18.2. The molecule has 0 amide bonds. The molecule has 4 aromatic carbocycles. The van der Waals surface area contributed by atoms with Crippen LogP contribution in [0.1, 0.15) is 20.7 Å². The van der Waals surface area contributed by atoms with Crippen molar-refractivity contribution in [2.24, 2.45) is 0 Å². The molecule has 0 saturated heterocycles. The molecule has 0 saturated carbocycles. The summed E-state index contributed by atoms with van der Waals surface area (Å²) in [7, 11) is -9.49. The van der Waals surface area contributed by atoms with Gasteiger partial charge in [0.2, 0.25) is 0 Å². The number of hydrogen-bond donors (Lipinski definition) is 4. The van der Waals surface area contributed by atoms with Crippen molar-refractivity contribution < 1.29 is 55.2 Å². The molecule has 0 aromatic heterocycles. The minimum atomic E-state index is -4.75. The van der Waals surface area contributed by atoms with E-state index >= 15 is 0 Å². The highest BCUT2D eigenvalue weighted by Gasteiger charge is 2.22. The van der Waals surface area contributed by atoms with E-state index in [0.717, 1.165) is 24.3 Å². The van der Waals surface area contributed by atoms with Crippen molar-refractivity contribution in [1.29, 1.82) is 0 Å². The van der Waals surface area contributed by atoms with Gasteiger partial charge in [0.25, 0.3) is 20.2 Å². The van der Waals surface area contributed by atoms with E-state index in [4.69, 9.17) is 19.7 Å². The lowest BCUT2D eigenvalue weighted by Gasteiger charge is -2.17. The Bertz CT molecular complexity index is 1690. The molecule has 12 nitrogen and oxygen atoms in total. The van der Waals surface area contributed by atoms with Crippen LogP contribution in [-0.4, -0.2) is 48.1 Å². The number of rotatable bonds is 9. The number of hydrogen-bond acceptors (Lipinski definition) is 8. The predicted octanol–water partition coefficient (Wildman–Crippen LogP) is 4.83. The molecule has 0 unspecified atom stereocenters. The van der Waals surface area contributed by atoms with Gasteiger partial charge in [0, 0.05) is 11.1 Å². The van der Waals surface area contributed by atoms with Crippen molar-refractivity contribution in [1.82, 2.24) is 0 Å². The number of carboxylic acid groups (broad SMARTS) is 2. The predicted molar refractivity (Wildman–Crippen MR) is 138 cm³/mol. The monoisotopic (exact) mass is 586 g/mol. The van der Waals surface area contributed by atoms with Gasteiger partial charge in [-0.25, -0.2) is 9.59 Å². The van der Waals surface area contributed by atoms with E-state index in [1.165, 1.54) is 60.7 Å². The van der Waals surface area contributed by atoms with Crippen molar-refractivity contribution in [2.45, 2.75) is 9.79 Å². The van der Waals surface area contributed by atoms with E-state index in [0.29, 0.717) is 0 Å². The van der Waals surface area contributed by atoms with Gasteiger partial charge in [0.1, 0.15) is 23.0 Å². The van der Waals surface area contributed by atoms with Crippen LogP contribution in [-0.2, 0) is 20.2 Å². The minimum Gasteiger partial charge on any atom is -0.478 e. The lowest BCUT2D eigenvalue weighted by molar-refractivity contribution is 0.0686. The molecule has 0 heterocycles. The summed E-state index contributed by atoms with van der Waals surface area (Å²) in [6.45, 7) is 0. The third kappa shape index (κ3) is 6.44. The Kier molecular flexibility index (Phi) is 7.61. The van der Waals surface area contributed by atoms with Crippen LogP contribution >= 0.6 is 0 Å². The normalized spacial score (nSPS) is 11.6. The van der Waals surface area contributed by atoms with E-state index in [9.17, 15) is 35.5 Å². The van der Waals surface area contributed by atoms with E-state index in [-0.39, 0.29) is 45.3 Å². The molecule has 4 rings (SSSR count). The maximum absolute atomic E-state index is 11.9. The topological polar surface area (TPSA) is 202 Å². The molecule has 0 aliphatic rings. The highest BCUT2D eigenvalue weighted by Crippen LogP contribution is 2.42. The maximum atomic E-state index is 11.9. The molecule has 0 atom stereocenters. The summed E-state index contributed by atoms with van der Waals surface area (Å²) >= 11 is 0. The zero-order valence-electron chi connectivity index (χ0n) is 20.0. The van der Waals surface area contributed by atoms with Crippen LogP contribution in [0.3, 0.4) is 0 Å². The first-order valence-electron chi connectivity index (χ1n) is 11.0. The molecular formula is C26H18O12S2. The smallest absolute Gasteiger partial charge is 0.335 e. The SMILES string of the molecule is O=C(O)c1ccc(Oc2ccc(S(=O)(=O)O)cc2-c2cc(S(=O)(=O)O)ccc2Oc2ccc(C(=O)O)cc2)cc1. The molecule has 40 heavy (non-hydrogen) atoms. The highest BCUT2D eigenvalue weighted by molar-refractivity contribution is 7.86. The fourth-order valence-corrected chi connectivity index (χ4v) is 4.54. The first-order valence-corrected chi connectivity index (χ1v) is 13.9. The fourth-order valence-electron chi connectivity index (χ4n) is 3.52. The Balaban J connectivity index is 1.90. The summed E-state index contributed by atoms with van der Waals surface area (Å²) in [6, 6.07) is 16.8. The quantitative estimate of drug-likeness (QED) is 0.195. The van der Waals surface area contributed by atoms with Crippen LogP contribution < -0.4 is 9.47 Å². The zero-order valence-corrected chi connectivity index (χ0v) is 21.6. The second kappa shape index (κ2) is 10.8. The first-order chi connectivity index (χ1) is 18.7. The van der Waals surface area contributed by atoms with Gasteiger partial charge in [-0.2, -0.15) is 16.8 Å². The Morgan fingerprint density at radius 2 is 0.850 bits per heavy atom. The lowest BCUT2D eigenvalue weighted by atomic mass is 10.0. The van der Waals surface area contributed by atoms with Crippen molar-refractivity contribution >= 4 is 32.2 Å². The minimum absolute atomic E-state index is 0.0280. The summed E-state index contributed by atoms with van der Waals surface area (Å²) in [5.41, 5.74) is -0.250. The molecular weight excluding hydrogens is 568 g/mol. The van der Waals surface area contributed by atoms with Crippen molar-refractivity contribution in [3.05, 3.63) is 96.1 Å². The van der Waals surface area contributed by atoms with Crippen molar-refractivity contribution in [2.75, 3.05) is 0 Å². The van der Waals surface area contributed by atoms with E-state index in [1.807, 2.05) is 0 Å². The van der Waals surface area contributed by atoms with Gasteiger partial charge in [0.05, 0.1) is 20.9 Å². The largest absolute Gasteiger partial charge is 0.478 e. The Morgan fingerprint density at radius 1 is 0.525 bits per heavy atom. The van der Waals surface area contributed by atoms with E-state index < -0.39 is 42.0 Å². The number of aromatic carboxylic acids is 2. The molecule has 14 heteroatoms. The van der Waals surface area contributed by atoms with Crippen LogP contribution in [0.15, 0.2) is 94.7 Å². The molecule has 4 aromatic rings. The van der Waals surface area contributed by atoms with Crippen LogP contribution in [0.25, 0.3) is 11.1 Å². The fraction of sp³-hybridized carbons (Fsp3) is 0. The molecule has 0 bridgehead atoms. The summed E-state index contributed by atoms with van der Waals surface area (Å²) in [4.78, 5) is 21.2. The zero-order chi connectivity index (χ0) is 29.2. The van der Waals surface area contributed by atoms with Gasteiger partial charge in [0.15, 0.2) is 0 Å². The second-order valence-electron chi connectivity index (χ2n) is 8.13. The van der Waals surface area contributed by atoms with Crippen LogP contribution in [0.2, 0.25) is 0 Å². The van der Waals surface area contributed by atoms with Crippen molar-refractivity contribution in [3.63, 3.8) is 0 Å². The molecule has 0 radical (unpaired) electrons. The van der Waals surface area contributed by atoms with Crippen LogP contribution in [0.4, 0.5) is 0 Å². The van der Waals surface area contributed by atoms with Gasteiger partial charge >= 0.3 is 11.9 Å². The third-order valence-electron chi connectivity index (χ3n) is 5.45. The molecule has 206 valence electrons. The van der Waals surface area contributed by atoms with Crippen LogP contribution in [0.5, 0.6) is 23.0 Å². The lowest BCUT2D eigenvalue weighted by Crippen LogP contribution is -2.02. The summed E-state index contributed by atoms with van der Waals surface area (Å²) in [6.07, 6.45) is 0. The van der Waals surface area contributed by atoms with Crippen molar-refractivity contribution in [3.8, 4) is 34.1 Å². The summed E-state index contributed by atoms with van der Waals surface area (Å²) in [5.74, 6) is -2.22. The number of carboxylic acids is 2. The number of carbonyl (C=O) groups is 2. The summed E-state index contributed by atoms with van der Waals surface area (Å²) < 4.78 is 78.6. The van der Waals surface area contributed by atoms with Gasteiger partial charge in [-0.3, -0.25) is 9.11 Å². The molecule has 0 aliphatic carbocycles. The number of benzene rings is 4. The Labute approximate surface area is 227 Å². The second-order valence-corrected chi connectivity index (χ2v) is 11.0. The standard InChI is InChI=1S/C26H18O12S2/c27-25(28)15-1-5-17(6-2-15)37-23-11-9-19(39(31,32)33)13-21(23)22-14-20(40(34,35)36)10-12-24(22)38-18-7-3-16(4-8-18)26(29)30/h1-14H,(H,27,28)(H,29,30)(H,31,32,33)(H,34,35,36). The number of ether oxygens (including phenoxy) is 2. The molecule has 0 fully saturated rings. The van der Waals surface area contributed by atoms with E-state index in [1.54, 1.807) is 0 Å². The van der Waals surface area contributed by atoms with Gasteiger partial charge < -0.3 is 19.7 Å². The van der Waals surface area contributed by atoms with E-state index in [2.05, 4.69) is 0 Å².